The van der Waals surface area contributed by atoms with E-state index in [1.165, 1.54) is 16.2 Å². The number of carbonyl (C=O) groups is 2. The van der Waals surface area contributed by atoms with Crippen LogP contribution in [0.1, 0.15) is 50.2 Å². The van der Waals surface area contributed by atoms with E-state index in [9.17, 15) is 9.59 Å². The highest BCUT2D eigenvalue weighted by Gasteiger charge is 2.29. The first-order valence-corrected chi connectivity index (χ1v) is 10.1. The second kappa shape index (κ2) is 7.31. The lowest BCUT2D eigenvalue weighted by Gasteiger charge is -2.32. The molecule has 0 saturated carbocycles. The van der Waals surface area contributed by atoms with Crippen LogP contribution >= 0.6 is 11.3 Å². The summed E-state index contributed by atoms with van der Waals surface area (Å²) in [6.45, 7) is 3.22. The van der Waals surface area contributed by atoms with Gasteiger partial charge in [0, 0.05) is 39.3 Å². The molecule has 3 aromatic heterocycles. The first-order valence-electron chi connectivity index (χ1n) is 9.21. The van der Waals surface area contributed by atoms with Crippen LogP contribution in [0.15, 0.2) is 24.0 Å². The zero-order valence-electron chi connectivity index (χ0n) is 16.1. The summed E-state index contributed by atoms with van der Waals surface area (Å²) in [7, 11) is 3.42. The Bertz CT molecular complexity index is 1040. The number of amides is 2. The van der Waals surface area contributed by atoms with Crippen molar-refractivity contribution in [1.29, 1.82) is 0 Å². The van der Waals surface area contributed by atoms with E-state index < -0.39 is 0 Å². The first kappa shape index (κ1) is 18.5. The van der Waals surface area contributed by atoms with E-state index in [1.807, 2.05) is 17.9 Å². The Morgan fingerprint density at radius 1 is 1.29 bits per heavy atom. The van der Waals surface area contributed by atoms with Crippen molar-refractivity contribution in [1.82, 2.24) is 29.4 Å². The van der Waals surface area contributed by atoms with E-state index in [-0.39, 0.29) is 17.7 Å². The third-order valence-electron chi connectivity index (χ3n) is 5.13. The number of fused-ring (bicyclic) bond motifs is 1. The van der Waals surface area contributed by atoms with Crippen molar-refractivity contribution in [2.75, 3.05) is 27.2 Å². The van der Waals surface area contributed by atoms with Crippen molar-refractivity contribution < 1.29 is 9.59 Å². The number of hydrogen-bond acceptors (Lipinski definition) is 6. The van der Waals surface area contributed by atoms with E-state index >= 15 is 0 Å². The highest BCUT2D eigenvalue weighted by molar-refractivity contribution is 7.11. The largest absolute Gasteiger partial charge is 0.345 e. The average Bonchev–Trinajstić information content (AvgIpc) is 3.32. The average molecular weight is 398 g/mol. The number of hydrogen-bond donors (Lipinski definition) is 0. The molecule has 4 heterocycles. The Balaban J connectivity index is 1.64. The molecule has 0 N–H and O–H groups in total. The van der Waals surface area contributed by atoms with Gasteiger partial charge >= 0.3 is 0 Å². The second-order valence-electron chi connectivity index (χ2n) is 7.22. The van der Waals surface area contributed by atoms with Crippen LogP contribution in [-0.2, 0) is 0 Å². The van der Waals surface area contributed by atoms with Gasteiger partial charge in [0.05, 0.1) is 23.1 Å². The molecule has 8 nitrogen and oxygen atoms in total. The van der Waals surface area contributed by atoms with Crippen LogP contribution in [0.25, 0.3) is 5.65 Å². The zero-order chi connectivity index (χ0) is 19.8. The normalized spacial score (nSPS) is 17.1. The van der Waals surface area contributed by atoms with Crippen LogP contribution in [0.5, 0.6) is 0 Å². The van der Waals surface area contributed by atoms with Crippen LogP contribution in [0.2, 0.25) is 0 Å². The maximum Gasteiger partial charge on any atom is 0.265 e. The summed E-state index contributed by atoms with van der Waals surface area (Å²) >= 11 is 1.39. The number of likely N-dealkylation sites (tertiary alicyclic amines) is 1. The standard InChI is InChI=1S/C19H22N6O2S/c1-12-16(28-11-21-12)19(27)24-8-4-5-13(10-24)15-6-7-20-17-14(9-22-25(15)17)18(26)23(2)3/h6-7,9,11,13H,4-5,8,10H2,1-3H3. The highest BCUT2D eigenvalue weighted by atomic mass is 32.1. The van der Waals surface area contributed by atoms with Gasteiger partial charge in [0.25, 0.3) is 11.8 Å². The minimum atomic E-state index is -0.124. The number of rotatable bonds is 3. The van der Waals surface area contributed by atoms with Gasteiger partial charge in [0.15, 0.2) is 5.65 Å². The maximum atomic E-state index is 12.9. The van der Waals surface area contributed by atoms with Gasteiger partial charge in [0.1, 0.15) is 10.4 Å². The highest BCUT2D eigenvalue weighted by Crippen LogP contribution is 2.29. The van der Waals surface area contributed by atoms with Gasteiger partial charge in [-0.15, -0.1) is 11.3 Å². The van der Waals surface area contributed by atoms with Crippen molar-refractivity contribution >= 4 is 28.8 Å². The lowest BCUT2D eigenvalue weighted by Crippen LogP contribution is -2.39. The van der Waals surface area contributed by atoms with E-state index in [0.717, 1.165) is 30.8 Å². The Kier molecular flexibility index (Phi) is 4.84. The number of thiazole rings is 1. The molecule has 0 bridgehead atoms. The fourth-order valence-corrected chi connectivity index (χ4v) is 4.43. The Labute approximate surface area is 166 Å². The van der Waals surface area contributed by atoms with Gasteiger partial charge in [-0.2, -0.15) is 5.10 Å². The lowest BCUT2D eigenvalue weighted by molar-refractivity contribution is 0.0709. The van der Waals surface area contributed by atoms with Crippen LogP contribution in [0.4, 0.5) is 0 Å². The van der Waals surface area contributed by atoms with Crippen LogP contribution in [0, 0.1) is 6.92 Å². The van der Waals surface area contributed by atoms with Gasteiger partial charge in [-0.1, -0.05) is 0 Å². The fraction of sp³-hybridized carbons (Fsp3) is 0.421. The summed E-state index contributed by atoms with van der Waals surface area (Å²) in [4.78, 5) is 38.0. The van der Waals surface area contributed by atoms with Crippen LogP contribution < -0.4 is 0 Å². The van der Waals surface area contributed by atoms with Gasteiger partial charge in [-0.25, -0.2) is 14.5 Å². The van der Waals surface area contributed by atoms with Crippen LogP contribution in [0.3, 0.4) is 0 Å². The van der Waals surface area contributed by atoms with E-state index in [1.54, 1.807) is 36.5 Å². The molecule has 1 atom stereocenters. The minimum absolute atomic E-state index is 0.0407. The second-order valence-corrected chi connectivity index (χ2v) is 8.07. The molecule has 0 radical (unpaired) electrons. The monoisotopic (exact) mass is 398 g/mol. The summed E-state index contributed by atoms with van der Waals surface area (Å²) < 4.78 is 1.74. The molecule has 146 valence electrons. The molecule has 1 unspecified atom stereocenters. The quantitative estimate of drug-likeness (QED) is 0.675. The molecule has 0 aromatic carbocycles. The van der Waals surface area contributed by atoms with E-state index in [0.29, 0.717) is 22.6 Å². The maximum absolute atomic E-state index is 12.9. The lowest BCUT2D eigenvalue weighted by atomic mass is 9.94. The third-order valence-corrected chi connectivity index (χ3v) is 6.05. The molecule has 9 heteroatoms. The van der Waals surface area contributed by atoms with E-state index in [2.05, 4.69) is 15.1 Å². The van der Waals surface area contributed by atoms with Gasteiger partial charge in [0.2, 0.25) is 0 Å². The van der Waals surface area contributed by atoms with Crippen molar-refractivity contribution in [3.63, 3.8) is 0 Å². The molecule has 0 spiro atoms. The third kappa shape index (κ3) is 3.15. The predicted octanol–water partition coefficient (Wildman–Crippen LogP) is 2.22. The fourth-order valence-electron chi connectivity index (χ4n) is 3.66. The molecule has 1 aliphatic heterocycles. The van der Waals surface area contributed by atoms with Crippen molar-refractivity contribution in [2.45, 2.75) is 25.7 Å². The number of carbonyl (C=O) groups excluding carboxylic acids is 2. The molecule has 4 rings (SSSR count). The molecule has 2 amide bonds. The summed E-state index contributed by atoms with van der Waals surface area (Å²) in [6, 6.07) is 1.93. The summed E-state index contributed by atoms with van der Waals surface area (Å²) in [5.41, 5.74) is 4.50. The van der Waals surface area contributed by atoms with Gasteiger partial charge < -0.3 is 9.80 Å². The molecule has 0 aliphatic carbocycles. The number of aryl methyl sites for hydroxylation is 1. The Morgan fingerprint density at radius 2 is 2.11 bits per heavy atom. The Hall–Kier alpha value is -2.81. The smallest absolute Gasteiger partial charge is 0.265 e. The van der Waals surface area contributed by atoms with Crippen molar-refractivity contribution in [2.24, 2.45) is 0 Å². The molecular weight excluding hydrogens is 376 g/mol. The molecule has 1 aliphatic rings. The van der Waals surface area contributed by atoms with Crippen LogP contribution in [-0.4, -0.2) is 68.4 Å². The molecular formula is C19H22N6O2S. The molecule has 28 heavy (non-hydrogen) atoms. The van der Waals surface area contributed by atoms with Gasteiger partial charge in [-0.3, -0.25) is 9.59 Å². The minimum Gasteiger partial charge on any atom is -0.345 e. The number of aromatic nitrogens is 4. The van der Waals surface area contributed by atoms with Crippen molar-refractivity contribution in [3.05, 3.63) is 45.8 Å². The molecule has 1 saturated heterocycles. The van der Waals surface area contributed by atoms with Gasteiger partial charge in [-0.05, 0) is 25.8 Å². The molecule has 3 aromatic rings. The number of piperidine rings is 1. The predicted molar refractivity (Wildman–Crippen MR) is 106 cm³/mol. The number of nitrogens with zero attached hydrogens (tertiary/aromatic N) is 6. The molecule has 1 fully saturated rings. The topological polar surface area (TPSA) is 83.7 Å². The summed E-state index contributed by atoms with van der Waals surface area (Å²) in [5.74, 6) is 0.0540. The zero-order valence-corrected chi connectivity index (χ0v) is 16.9. The van der Waals surface area contributed by atoms with E-state index in [4.69, 9.17) is 0 Å². The SMILES string of the molecule is Cc1ncsc1C(=O)N1CCCC(c2ccnc3c(C(=O)N(C)C)cnn23)C1. The summed E-state index contributed by atoms with van der Waals surface area (Å²) in [6.07, 6.45) is 5.16. The van der Waals surface area contributed by atoms with Crippen molar-refractivity contribution in [3.8, 4) is 0 Å². The first-order chi connectivity index (χ1) is 13.5. The summed E-state index contributed by atoms with van der Waals surface area (Å²) in [5, 5.41) is 4.43. The Morgan fingerprint density at radius 3 is 2.82 bits per heavy atom.